The van der Waals surface area contributed by atoms with Gasteiger partial charge in [-0.2, -0.15) is 0 Å². The summed E-state index contributed by atoms with van der Waals surface area (Å²) in [5.41, 5.74) is 2.03. The van der Waals surface area contributed by atoms with Gasteiger partial charge in [-0.3, -0.25) is 10.1 Å². The van der Waals surface area contributed by atoms with Gasteiger partial charge in [0.05, 0.1) is 11.0 Å². The lowest BCUT2D eigenvalue weighted by atomic mass is 9.96. The van der Waals surface area contributed by atoms with Gasteiger partial charge in [0.1, 0.15) is 0 Å². The summed E-state index contributed by atoms with van der Waals surface area (Å²) < 4.78 is 5.52. The maximum Gasteiger partial charge on any atom is 0.269 e. The smallest absolute Gasteiger partial charge is 0.269 e. The Labute approximate surface area is 113 Å². The highest BCUT2D eigenvalue weighted by atomic mass is 16.6. The Kier molecular flexibility index (Phi) is 4.37. The van der Waals surface area contributed by atoms with Crippen molar-refractivity contribution in [3.63, 3.8) is 0 Å². The minimum atomic E-state index is -0.364. The van der Waals surface area contributed by atoms with E-state index in [-0.39, 0.29) is 10.6 Å². The summed E-state index contributed by atoms with van der Waals surface area (Å²) in [6.07, 6.45) is 2.47. The van der Waals surface area contributed by atoms with Crippen molar-refractivity contribution in [1.82, 2.24) is 0 Å². The van der Waals surface area contributed by atoms with Gasteiger partial charge in [0.2, 0.25) is 0 Å². The van der Waals surface area contributed by atoms with Gasteiger partial charge in [-0.25, -0.2) is 0 Å². The molecule has 1 N–H and O–H groups in total. The summed E-state index contributed by atoms with van der Waals surface area (Å²) in [6, 6.07) is 4.94. The Balaban J connectivity index is 1.94. The van der Waals surface area contributed by atoms with Gasteiger partial charge in [-0.05, 0) is 44.2 Å². The number of aryl methyl sites for hydroxylation is 1. The van der Waals surface area contributed by atoms with Crippen molar-refractivity contribution in [1.29, 1.82) is 0 Å². The largest absolute Gasteiger partial charge is 0.385 e. The predicted molar refractivity (Wildman–Crippen MR) is 74.5 cm³/mol. The first-order chi connectivity index (χ1) is 9.06. The van der Waals surface area contributed by atoms with Crippen LogP contribution in [0.25, 0.3) is 0 Å². The fraction of sp³-hybridized carbons (Fsp3) is 0.571. The predicted octanol–water partition coefficient (Wildman–Crippen LogP) is 3.13. The zero-order valence-electron chi connectivity index (χ0n) is 11.4. The second-order valence-electron chi connectivity index (χ2n) is 5.21. The average molecular weight is 264 g/mol. The quantitative estimate of drug-likeness (QED) is 0.670. The lowest BCUT2D eigenvalue weighted by molar-refractivity contribution is -0.384. The molecule has 19 heavy (non-hydrogen) atoms. The van der Waals surface area contributed by atoms with Gasteiger partial charge in [0.15, 0.2) is 0 Å². The van der Waals surface area contributed by atoms with E-state index in [4.69, 9.17) is 4.74 Å². The first-order valence-electron chi connectivity index (χ1n) is 6.67. The van der Waals surface area contributed by atoms with Crippen LogP contribution in [0.2, 0.25) is 0 Å². The highest BCUT2D eigenvalue weighted by Crippen LogP contribution is 2.24. The summed E-state index contributed by atoms with van der Waals surface area (Å²) in [7, 11) is 0. The molecule has 1 heterocycles. The maximum atomic E-state index is 10.7. The number of ether oxygens (including phenoxy) is 1. The van der Waals surface area contributed by atoms with E-state index in [2.05, 4.69) is 12.2 Å². The highest BCUT2D eigenvalue weighted by molar-refractivity contribution is 5.55. The molecular weight excluding hydrogens is 244 g/mol. The third-order valence-corrected chi connectivity index (χ3v) is 3.60. The molecule has 104 valence electrons. The zero-order chi connectivity index (χ0) is 13.8. The third-order valence-electron chi connectivity index (χ3n) is 3.60. The van der Waals surface area contributed by atoms with Crippen LogP contribution in [0.1, 0.15) is 25.3 Å². The molecule has 1 aliphatic heterocycles. The number of anilines is 1. The standard InChI is InChI=1S/C14H20N2O3/c1-10-7-13(16(17)18)3-4-14(10)15-9-12-5-6-19-11(2)8-12/h3-4,7,11-12,15H,5-6,8-9H2,1-2H3. The van der Waals surface area contributed by atoms with Crippen LogP contribution >= 0.6 is 0 Å². The molecule has 0 bridgehead atoms. The molecule has 2 unspecified atom stereocenters. The summed E-state index contributed by atoms with van der Waals surface area (Å²) in [5, 5.41) is 14.1. The highest BCUT2D eigenvalue weighted by Gasteiger charge is 2.19. The van der Waals surface area contributed by atoms with E-state index in [9.17, 15) is 10.1 Å². The number of rotatable bonds is 4. The molecule has 0 saturated carbocycles. The van der Waals surface area contributed by atoms with Crippen molar-refractivity contribution >= 4 is 11.4 Å². The minimum Gasteiger partial charge on any atom is -0.385 e. The average Bonchev–Trinajstić information content (AvgIpc) is 2.37. The fourth-order valence-electron chi connectivity index (χ4n) is 2.49. The Morgan fingerprint density at radius 2 is 2.32 bits per heavy atom. The molecule has 0 aliphatic carbocycles. The molecule has 1 aliphatic rings. The van der Waals surface area contributed by atoms with Gasteiger partial charge in [-0.15, -0.1) is 0 Å². The summed E-state index contributed by atoms with van der Waals surface area (Å²) in [6.45, 7) is 5.71. The van der Waals surface area contributed by atoms with E-state index in [0.717, 1.165) is 37.2 Å². The van der Waals surface area contributed by atoms with E-state index in [0.29, 0.717) is 12.0 Å². The maximum absolute atomic E-state index is 10.7. The van der Waals surface area contributed by atoms with Gasteiger partial charge < -0.3 is 10.1 Å². The lowest BCUT2D eigenvalue weighted by Gasteiger charge is -2.27. The molecule has 2 atom stereocenters. The van der Waals surface area contributed by atoms with Crippen LogP contribution < -0.4 is 5.32 Å². The molecule has 0 aromatic heterocycles. The number of hydrogen-bond acceptors (Lipinski definition) is 4. The molecular formula is C14H20N2O3. The van der Waals surface area contributed by atoms with Crippen molar-refractivity contribution in [2.45, 2.75) is 32.8 Å². The van der Waals surface area contributed by atoms with Crippen LogP contribution in [0.3, 0.4) is 0 Å². The Hall–Kier alpha value is -1.62. The second kappa shape index (κ2) is 6.02. The number of nitro benzene ring substituents is 1. The van der Waals surface area contributed by atoms with E-state index < -0.39 is 0 Å². The van der Waals surface area contributed by atoms with Gasteiger partial charge in [-0.1, -0.05) is 0 Å². The van der Waals surface area contributed by atoms with Crippen LogP contribution in [0.15, 0.2) is 18.2 Å². The van der Waals surface area contributed by atoms with Crippen molar-refractivity contribution in [3.8, 4) is 0 Å². The van der Waals surface area contributed by atoms with Crippen LogP contribution in [0.4, 0.5) is 11.4 Å². The van der Waals surface area contributed by atoms with E-state index in [1.54, 1.807) is 18.2 Å². The van der Waals surface area contributed by atoms with Crippen molar-refractivity contribution in [3.05, 3.63) is 33.9 Å². The van der Waals surface area contributed by atoms with E-state index in [1.807, 2.05) is 6.92 Å². The molecule has 1 saturated heterocycles. The first kappa shape index (κ1) is 13.8. The number of nitro groups is 1. The first-order valence-corrected chi connectivity index (χ1v) is 6.67. The van der Waals surface area contributed by atoms with Crippen molar-refractivity contribution < 1.29 is 9.66 Å². The molecule has 0 radical (unpaired) electrons. The molecule has 5 heteroatoms. The zero-order valence-corrected chi connectivity index (χ0v) is 11.4. The van der Waals surface area contributed by atoms with Crippen LogP contribution in [0, 0.1) is 23.0 Å². The van der Waals surface area contributed by atoms with Crippen LogP contribution in [-0.2, 0) is 4.74 Å². The number of benzene rings is 1. The fourth-order valence-corrected chi connectivity index (χ4v) is 2.49. The molecule has 5 nitrogen and oxygen atoms in total. The molecule has 1 aromatic rings. The van der Waals surface area contributed by atoms with Crippen molar-refractivity contribution in [2.24, 2.45) is 5.92 Å². The second-order valence-corrected chi connectivity index (χ2v) is 5.21. The molecule has 0 amide bonds. The van der Waals surface area contributed by atoms with Gasteiger partial charge in [0.25, 0.3) is 5.69 Å². The number of hydrogen-bond donors (Lipinski definition) is 1. The number of non-ortho nitro benzene ring substituents is 1. The Morgan fingerprint density at radius 1 is 1.53 bits per heavy atom. The topological polar surface area (TPSA) is 64.4 Å². The van der Waals surface area contributed by atoms with E-state index >= 15 is 0 Å². The van der Waals surface area contributed by atoms with Crippen LogP contribution in [-0.4, -0.2) is 24.2 Å². The summed E-state index contributed by atoms with van der Waals surface area (Å²) in [4.78, 5) is 10.3. The third kappa shape index (κ3) is 3.67. The summed E-state index contributed by atoms with van der Waals surface area (Å²) >= 11 is 0. The lowest BCUT2D eigenvalue weighted by Crippen LogP contribution is -2.27. The van der Waals surface area contributed by atoms with Crippen molar-refractivity contribution in [2.75, 3.05) is 18.5 Å². The Bertz CT molecular complexity index is 462. The number of nitrogens with one attached hydrogen (secondary N) is 1. The molecule has 2 rings (SSSR count). The SMILES string of the molecule is Cc1cc([N+](=O)[O-])ccc1NCC1CCOC(C)C1. The molecule has 1 aromatic carbocycles. The van der Waals surface area contributed by atoms with E-state index in [1.165, 1.54) is 0 Å². The monoisotopic (exact) mass is 264 g/mol. The van der Waals surface area contributed by atoms with Gasteiger partial charge >= 0.3 is 0 Å². The van der Waals surface area contributed by atoms with Crippen LogP contribution in [0.5, 0.6) is 0 Å². The molecule has 1 fully saturated rings. The Morgan fingerprint density at radius 3 is 2.95 bits per heavy atom. The minimum absolute atomic E-state index is 0.141. The normalized spacial score (nSPS) is 23.1. The number of nitrogens with zero attached hydrogens (tertiary/aromatic N) is 1. The summed E-state index contributed by atoms with van der Waals surface area (Å²) in [5.74, 6) is 0.610. The molecule has 0 spiro atoms. The van der Waals surface area contributed by atoms with Gasteiger partial charge in [0, 0.05) is 31.0 Å².